The van der Waals surface area contributed by atoms with Gasteiger partial charge in [0.15, 0.2) is 0 Å². The molecule has 3 rings (SSSR count). The monoisotopic (exact) mass is 445 g/mol. The summed E-state index contributed by atoms with van der Waals surface area (Å²) in [4.78, 5) is 26.4. The molecule has 6 nitrogen and oxygen atoms in total. The predicted octanol–water partition coefficient (Wildman–Crippen LogP) is 5.46. The van der Waals surface area contributed by atoms with Gasteiger partial charge in [-0.05, 0) is 57.2 Å². The van der Waals surface area contributed by atoms with Crippen molar-refractivity contribution in [2.75, 3.05) is 18.5 Å². The Bertz CT molecular complexity index is 1060. The normalized spacial score (nSPS) is 10.8. The second kappa shape index (κ2) is 9.91. The zero-order valence-electron chi connectivity index (χ0n) is 17.1. The van der Waals surface area contributed by atoms with Gasteiger partial charge >= 0.3 is 12.0 Å². The first kappa shape index (κ1) is 22.1. The number of hydrogen-bond donors (Lipinski definition) is 2. The van der Waals surface area contributed by atoms with E-state index in [1.807, 2.05) is 60.9 Å². The molecule has 1 heterocycles. The smallest absolute Gasteiger partial charge is 0.325 e. The van der Waals surface area contributed by atoms with Gasteiger partial charge in [-0.3, -0.25) is 4.79 Å². The zero-order chi connectivity index (χ0) is 21.7. The third-order valence-corrected chi connectivity index (χ3v) is 5.97. The van der Waals surface area contributed by atoms with Crippen LogP contribution in [0, 0.1) is 6.92 Å². The lowest BCUT2D eigenvalue weighted by Gasteiger charge is -2.10. The lowest BCUT2D eigenvalue weighted by Crippen LogP contribution is -2.28. The summed E-state index contributed by atoms with van der Waals surface area (Å²) in [7, 11) is 0. The SMILES string of the molecule is CCNC(=O)Nc1cccc2c1c(Sc1ccc(Cl)cc1)c(C)n2CC(=O)OCC. The third kappa shape index (κ3) is 4.91. The maximum absolute atomic E-state index is 12.2. The second-order valence-electron chi connectivity index (χ2n) is 6.55. The number of esters is 1. The van der Waals surface area contributed by atoms with Crippen LogP contribution in [0.4, 0.5) is 10.5 Å². The van der Waals surface area contributed by atoms with Gasteiger partial charge in [0.25, 0.3) is 0 Å². The Morgan fingerprint density at radius 3 is 2.53 bits per heavy atom. The summed E-state index contributed by atoms with van der Waals surface area (Å²) < 4.78 is 7.08. The first-order valence-electron chi connectivity index (χ1n) is 9.70. The molecular weight excluding hydrogens is 422 g/mol. The van der Waals surface area contributed by atoms with E-state index >= 15 is 0 Å². The summed E-state index contributed by atoms with van der Waals surface area (Å²) in [6, 6.07) is 13.0. The fourth-order valence-electron chi connectivity index (χ4n) is 3.20. The average molecular weight is 446 g/mol. The van der Waals surface area contributed by atoms with Crippen LogP contribution in [0.3, 0.4) is 0 Å². The van der Waals surface area contributed by atoms with Crippen LogP contribution in [0.25, 0.3) is 10.9 Å². The van der Waals surface area contributed by atoms with Crippen molar-refractivity contribution in [1.82, 2.24) is 9.88 Å². The van der Waals surface area contributed by atoms with E-state index in [0.717, 1.165) is 26.4 Å². The molecule has 2 aromatic carbocycles. The lowest BCUT2D eigenvalue weighted by molar-refractivity contribution is -0.143. The van der Waals surface area contributed by atoms with Crippen molar-refractivity contribution in [2.45, 2.75) is 37.1 Å². The van der Waals surface area contributed by atoms with Gasteiger partial charge in [-0.1, -0.05) is 29.4 Å². The number of aromatic nitrogens is 1. The van der Waals surface area contributed by atoms with Gasteiger partial charge in [0.2, 0.25) is 0 Å². The summed E-state index contributed by atoms with van der Waals surface area (Å²) in [6.45, 7) is 6.57. The quantitative estimate of drug-likeness (QED) is 0.474. The number of hydrogen-bond acceptors (Lipinski definition) is 4. The molecule has 0 aliphatic rings. The van der Waals surface area contributed by atoms with Crippen LogP contribution in [0.1, 0.15) is 19.5 Å². The van der Waals surface area contributed by atoms with E-state index in [0.29, 0.717) is 23.9 Å². The molecule has 0 aliphatic carbocycles. The molecule has 0 spiro atoms. The Labute approximate surface area is 184 Å². The van der Waals surface area contributed by atoms with Gasteiger partial charge in [0.05, 0.1) is 17.8 Å². The molecule has 0 saturated heterocycles. The van der Waals surface area contributed by atoms with Gasteiger partial charge in [0.1, 0.15) is 6.54 Å². The minimum Gasteiger partial charge on any atom is -0.465 e. The highest BCUT2D eigenvalue weighted by Gasteiger charge is 2.21. The van der Waals surface area contributed by atoms with Crippen molar-refractivity contribution in [3.8, 4) is 0 Å². The van der Waals surface area contributed by atoms with Crippen molar-refractivity contribution >= 4 is 52.0 Å². The average Bonchev–Trinajstić information content (AvgIpc) is 2.97. The Kier molecular flexibility index (Phi) is 7.29. The van der Waals surface area contributed by atoms with Gasteiger partial charge in [-0.25, -0.2) is 4.79 Å². The predicted molar refractivity (Wildman–Crippen MR) is 122 cm³/mol. The largest absolute Gasteiger partial charge is 0.465 e. The number of anilines is 1. The number of rotatable bonds is 7. The molecule has 0 aliphatic heterocycles. The molecular formula is C22H24ClN3O3S. The number of halogens is 1. The van der Waals surface area contributed by atoms with Crippen LogP contribution in [0.15, 0.2) is 52.3 Å². The number of carbonyl (C=O) groups is 2. The first-order valence-corrected chi connectivity index (χ1v) is 10.9. The summed E-state index contributed by atoms with van der Waals surface area (Å²) in [6.07, 6.45) is 0. The molecule has 2 amide bonds. The molecule has 0 atom stereocenters. The Morgan fingerprint density at radius 1 is 1.13 bits per heavy atom. The maximum Gasteiger partial charge on any atom is 0.325 e. The molecule has 3 aromatic rings. The number of urea groups is 1. The fourth-order valence-corrected chi connectivity index (χ4v) is 4.41. The standard InChI is InChI=1S/C22H24ClN3O3S/c1-4-24-22(28)25-17-7-6-8-18-20(17)21(30-16-11-9-15(23)10-12-16)14(3)26(18)13-19(27)29-5-2/h6-12H,4-5,13H2,1-3H3,(H2,24,25,28). The minimum atomic E-state index is -0.303. The van der Waals surface area contributed by atoms with Crippen molar-refractivity contribution in [2.24, 2.45) is 0 Å². The maximum atomic E-state index is 12.2. The van der Waals surface area contributed by atoms with E-state index in [1.165, 1.54) is 0 Å². The molecule has 8 heteroatoms. The van der Waals surface area contributed by atoms with Gasteiger partial charge in [-0.2, -0.15) is 0 Å². The highest BCUT2D eigenvalue weighted by molar-refractivity contribution is 7.99. The molecule has 0 bridgehead atoms. The van der Waals surface area contributed by atoms with Gasteiger partial charge in [0, 0.05) is 32.4 Å². The van der Waals surface area contributed by atoms with Crippen LogP contribution in [-0.4, -0.2) is 29.7 Å². The van der Waals surface area contributed by atoms with E-state index in [2.05, 4.69) is 10.6 Å². The summed E-state index contributed by atoms with van der Waals surface area (Å²) >= 11 is 7.59. The van der Waals surface area contributed by atoms with Gasteiger partial charge in [-0.15, -0.1) is 0 Å². The number of fused-ring (bicyclic) bond motifs is 1. The Morgan fingerprint density at radius 2 is 1.87 bits per heavy atom. The Balaban J connectivity index is 2.12. The summed E-state index contributed by atoms with van der Waals surface area (Å²) in [5, 5.41) is 7.22. The molecule has 158 valence electrons. The molecule has 30 heavy (non-hydrogen) atoms. The van der Waals surface area contributed by atoms with Crippen LogP contribution < -0.4 is 10.6 Å². The van der Waals surface area contributed by atoms with Crippen molar-refractivity contribution in [3.05, 3.63) is 53.2 Å². The Hall–Kier alpha value is -2.64. The van der Waals surface area contributed by atoms with Crippen molar-refractivity contribution in [1.29, 1.82) is 0 Å². The van der Waals surface area contributed by atoms with E-state index in [-0.39, 0.29) is 18.5 Å². The topological polar surface area (TPSA) is 72.4 Å². The van der Waals surface area contributed by atoms with Crippen LogP contribution in [0.2, 0.25) is 5.02 Å². The van der Waals surface area contributed by atoms with Gasteiger partial charge < -0.3 is 19.9 Å². The van der Waals surface area contributed by atoms with E-state index in [1.54, 1.807) is 18.7 Å². The van der Waals surface area contributed by atoms with E-state index < -0.39 is 0 Å². The highest BCUT2D eigenvalue weighted by atomic mass is 35.5. The van der Waals surface area contributed by atoms with Crippen LogP contribution in [-0.2, 0) is 16.1 Å². The zero-order valence-corrected chi connectivity index (χ0v) is 18.7. The fraction of sp³-hybridized carbons (Fsp3) is 0.273. The minimum absolute atomic E-state index is 0.0992. The van der Waals surface area contributed by atoms with Crippen molar-refractivity contribution < 1.29 is 14.3 Å². The van der Waals surface area contributed by atoms with E-state index in [4.69, 9.17) is 16.3 Å². The molecule has 0 unspecified atom stereocenters. The number of nitrogens with one attached hydrogen (secondary N) is 2. The highest BCUT2D eigenvalue weighted by Crippen LogP contribution is 2.41. The molecule has 0 radical (unpaired) electrons. The lowest BCUT2D eigenvalue weighted by atomic mass is 10.2. The molecule has 1 aromatic heterocycles. The third-order valence-electron chi connectivity index (χ3n) is 4.51. The number of carbonyl (C=O) groups excluding carboxylic acids is 2. The van der Waals surface area contributed by atoms with Crippen molar-refractivity contribution in [3.63, 3.8) is 0 Å². The van der Waals surface area contributed by atoms with Crippen LogP contribution in [0.5, 0.6) is 0 Å². The van der Waals surface area contributed by atoms with Crippen LogP contribution >= 0.6 is 23.4 Å². The number of ether oxygens (including phenoxy) is 1. The second-order valence-corrected chi connectivity index (χ2v) is 8.07. The number of benzene rings is 2. The summed E-state index contributed by atoms with van der Waals surface area (Å²) in [5.41, 5.74) is 2.45. The molecule has 2 N–H and O–H groups in total. The molecule has 0 fully saturated rings. The van der Waals surface area contributed by atoms with E-state index in [9.17, 15) is 9.59 Å². The molecule has 0 saturated carbocycles. The number of nitrogens with zero attached hydrogens (tertiary/aromatic N) is 1. The summed E-state index contributed by atoms with van der Waals surface area (Å²) in [5.74, 6) is -0.303. The number of amides is 2. The first-order chi connectivity index (χ1) is 14.4.